The predicted octanol–water partition coefficient (Wildman–Crippen LogP) is 2.96. The van der Waals surface area contributed by atoms with Gasteiger partial charge in [-0.15, -0.1) is 0 Å². The van der Waals surface area contributed by atoms with Gasteiger partial charge in [-0.3, -0.25) is 0 Å². The van der Waals surface area contributed by atoms with Crippen LogP contribution in [0.5, 0.6) is 0 Å². The minimum absolute atomic E-state index is 0.237. The molecular formula is C13H16O2S. The summed E-state index contributed by atoms with van der Waals surface area (Å²) in [6.07, 6.45) is 4.36. The van der Waals surface area contributed by atoms with Crippen LogP contribution in [0.2, 0.25) is 0 Å². The van der Waals surface area contributed by atoms with Gasteiger partial charge >= 0.3 is 0 Å². The molecule has 0 saturated carbocycles. The first-order chi connectivity index (χ1) is 7.60. The van der Waals surface area contributed by atoms with E-state index in [1.807, 2.05) is 6.07 Å². The Bertz CT molecular complexity index is 486. The van der Waals surface area contributed by atoms with Gasteiger partial charge in [0.1, 0.15) is 0 Å². The Morgan fingerprint density at radius 2 is 1.88 bits per heavy atom. The minimum atomic E-state index is -3.13. The summed E-state index contributed by atoms with van der Waals surface area (Å²) in [5, 5.41) is -0.237. The van der Waals surface area contributed by atoms with Gasteiger partial charge in [-0.25, -0.2) is 8.42 Å². The SMILES string of the molecule is CC1=CC[C@H](S(=O)(=O)c2ccccc2)CC1. The fraction of sp³-hybridized carbons (Fsp3) is 0.385. The predicted molar refractivity (Wildman–Crippen MR) is 65.0 cm³/mol. The molecular weight excluding hydrogens is 220 g/mol. The molecule has 0 amide bonds. The van der Waals surface area contributed by atoms with Crippen LogP contribution in [0.3, 0.4) is 0 Å². The van der Waals surface area contributed by atoms with Gasteiger partial charge in [0.05, 0.1) is 10.1 Å². The van der Waals surface area contributed by atoms with Crippen LogP contribution in [-0.2, 0) is 9.84 Å². The van der Waals surface area contributed by atoms with Crippen molar-refractivity contribution in [3.63, 3.8) is 0 Å². The molecule has 0 unspecified atom stereocenters. The maximum atomic E-state index is 12.3. The van der Waals surface area contributed by atoms with E-state index in [9.17, 15) is 8.42 Å². The van der Waals surface area contributed by atoms with Crippen molar-refractivity contribution >= 4 is 9.84 Å². The van der Waals surface area contributed by atoms with Crippen molar-refractivity contribution in [3.8, 4) is 0 Å². The number of allylic oxidation sites excluding steroid dienone is 2. The summed E-state index contributed by atoms with van der Waals surface area (Å²) in [5.41, 5.74) is 1.31. The van der Waals surface area contributed by atoms with Crippen molar-refractivity contribution < 1.29 is 8.42 Å². The van der Waals surface area contributed by atoms with E-state index in [0.717, 1.165) is 12.8 Å². The third-order valence-corrected chi connectivity index (χ3v) is 5.34. The normalized spacial score (nSPS) is 21.6. The molecule has 1 atom stereocenters. The Morgan fingerprint density at radius 3 is 2.44 bits per heavy atom. The van der Waals surface area contributed by atoms with Gasteiger partial charge in [0.15, 0.2) is 9.84 Å². The van der Waals surface area contributed by atoms with E-state index in [2.05, 4.69) is 13.0 Å². The van der Waals surface area contributed by atoms with Gasteiger partial charge in [0.25, 0.3) is 0 Å². The maximum absolute atomic E-state index is 12.3. The number of hydrogen-bond acceptors (Lipinski definition) is 2. The van der Waals surface area contributed by atoms with E-state index in [0.29, 0.717) is 11.3 Å². The molecule has 0 N–H and O–H groups in total. The second-order valence-corrected chi connectivity index (χ2v) is 6.53. The summed E-state index contributed by atoms with van der Waals surface area (Å²) in [6.45, 7) is 2.06. The van der Waals surface area contributed by atoms with Crippen molar-refractivity contribution in [1.29, 1.82) is 0 Å². The molecule has 0 fully saturated rings. The van der Waals surface area contributed by atoms with Crippen LogP contribution in [0.1, 0.15) is 26.2 Å². The van der Waals surface area contributed by atoms with Crippen molar-refractivity contribution in [3.05, 3.63) is 42.0 Å². The highest BCUT2D eigenvalue weighted by atomic mass is 32.2. The largest absolute Gasteiger partial charge is 0.223 e. The van der Waals surface area contributed by atoms with E-state index in [1.165, 1.54) is 5.57 Å². The molecule has 86 valence electrons. The number of rotatable bonds is 2. The number of hydrogen-bond donors (Lipinski definition) is 0. The van der Waals surface area contributed by atoms with Crippen molar-refractivity contribution in [2.75, 3.05) is 0 Å². The lowest BCUT2D eigenvalue weighted by atomic mass is 10.0. The third kappa shape index (κ3) is 2.19. The number of sulfone groups is 1. The van der Waals surface area contributed by atoms with Crippen molar-refractivity contribution in [2.24, 2.45) is 0 Å². The highest BCUT2D eigenvalue weighted by Gasteiger charge is 2.27. The van der Waals surface area contributed by atoms with Crippen LogP contribution in [0, 0.1) is 0 Å². The molecule has 2 rings (SSSR count). The second-order valence-electron chi connectivity index (χ2n) is 4.30. The molecule has 1 aromatic carbocycles. The highest BCUT2D eigenvalue weighted by molar-refractivity contribution is 7.92. The average Bonchev–Trinajstić information content (AvgIpc) is 2.31. The molecule has 0 bridgehead atoms. The monoisotopic (exact) mass is 236 g/mol. The molecule has 0 radical (unpaired) electrons. The molecule has 16 heavy (non-hydrogen) atoms. The molecule has 1 aromatic rings. The molecule has 0 aliphatic heterocycles. The van der Waals surface area contributed by atoms with Crippen LogP contribution in [0.15, 0.2) is 46.9 Å². The lowest BCUT2D eigenvalue weighted by molar-refractivity contribution is 0.565. The van der Waals surface area contributed by atoms with Crippen molar-refractivity contribution in [1.82, 2.24) is 0 Å². The van der Waals surface area contributed by atoms with Crippen LogP contribution >= 0.6 is 0 Å². The van der Waals surface area contributed by atoms with Gasteiger partial charge < -0.3 is 0 Å². The summed E-state index contributed by atoms with van der Waals surface area (Å²) >= 11 is 0. The van der Waals surface area contributed by atoms with Gasteiger partial charge in [0.2, 0.25) is 0 Å². The molecule has 0 saturated heterocycles. The van der Waals surface area contributed by atoms with E-state index in [4.69, 9.17) is 0 Å². The first-order valence-electron chi connectivity index (χ1n) is 5.55. The average molecular weight is 236 g/mol. The summed E-state index contributed by atoms with van der Waals surface area (Å²) in [7, 11) is -3.13. The molecule has 1 aliphatic carbocycles. The summed E-state index contributed by atoms with van der Waals surface area (Å²) < 4.78 is 24.5. The zero-order valence-corrected chi connectivity index (χ0v) is 10.2. The first kappa shape index (κ1) is 11.4. The van der Waals surface area contributed by atoms with Crippen LogP contribution in [0.4, 0.5) is 0 Å². The highest BCUT2D eigenvalue weighted by Crippen LogP contribution is 2.27. The van der Waals surface area contributed by atoms with Crippen LogP contribution < -0.4 is 0 Å². The Kier molecular flexibility index (Phi) is 3.15. The molecule has 0 aromatic heterocycles. The molecule has 1 aliphatic rings. The van der Waals surface area contributed by atoms with Gasteiger partial charge in [-0.05, 0) is 38.3 Å². The third-order valence-electron chi connectivity index (χ3n) is 3.10. The van der Waals surface area contributed by atoms with E-state index < -0.39 is 9.84 Å². The Balaban J connectivity index is 2.28. The first-order valence-corrected chi connectivity index (χ1v) is 7.10. The van der Waals surface area contributed by atoms with Crippen LogP contribution in [-0.4, -0.2) is 13.7 Å². The smallest absolute Gasteiger partial charge is 0.181 e. The summed E-state index contributed by atoms with van der Waals surface area (Å²) in [5.74, 6) is 0. The Morgan fingerprint density at radius 1 is 1.19 bits per heavy atom. The van der Waals surface area contributed by atoms with Crippen LogP contribution in [0.25, 0.3) is 0 Å². The van der Waals surface area contributed by atoms with Crippen molar-refractivity contribution in [2.45, 2.75) is 36.3 Å². The fourth-order valence-electron chi connectivity index (χ4n) is 2.03. The zero-order chi connectivity index (χ0) is 11.6. The Hall–Kier alpha value is -1.09. The fourth-order valence-corrected chi connectivity index (χ4v) is 3.72. The Labute approximate surface area is 96.9 Å². The van der Waals surface area contributed by atoms with E-state index >= 15 is 0 Å². The molecule has 2 nitrogen and oxygen atoms in total. The zero-order valence-electron chi connectivity index (χ0n) is 9.39. The second kappa shape index (κ2) is 4.42. The minimum Gasteiger partial charge on any atom is -0.223 e. The molecule has 0 heterocycles. The molecule has 0 spiro atoms. The number of benzene rings is 1. The van der Waals surface area contributed by atoms with E-state index in [-0.39, 0.29) is 5.25 Å². The lowest BCUT2D eigenvalue weighted by Gasteiger charge is -2.20. The maximum Gasteiger partial charge on any atom is 0.181 e. The van der Waals surface area contributed by atoms with Gasteiger partial charge in [-0.2, -0.15) is 0 Å². The quantitative estimate of drug-likeness (QED) is 0.740. The lowest BCUT2D eigenvalue weighted by Crippen LogP contribution is -2.23. The molecule has 3 heteroatoms. The van der Waals surface area contributed by atoms with E-state index in [1.54, 1.807) is 24.3 Å². The summed E-state index contributed by atoms with van der Waals surface area (Å²) in [4.78, 5) is 0.452. The standard InChI is InChI=1S/C13H16O2S/c1-11-7-9-13(10-8-11)16(14,15)12-5-3-2-4-6-12/h2-7,13H,8-10H2,1H3/t13-/m0/s1. The topological polar surface area (TPSA) is 34.1 Å². The van der Waals surface area contributed by atoms with Gasteiger partial charge in [-0.1, -0.05) is 29.8 Å². The summed E-state index contributed by atoms with van der Waals surface area (Å²) in [6, 6.07) is 8.75. The van der Waals surface area contributed by atoms with Gasteiger partial charge in [0, 0.05) is 0 Å².